The van der Waals surface area contributed by atoms with E-state index >= 15 is 0 Å². The van der Waals surface area contributed by atoms with Crippen molar-refractivity contribution >= 4 is 21.8 Å². The molecule has 2 N–H and O–H groups in total. The Hall–Kier alpha value is -1.07. The second-order valence-electron chi connectivity index (χ2n) is 5.68. The van der Waals surface area contributed by atoms with Crippen LogP contribution in [0, 0.1) is 0 Å². The summed E-state index contributed by atoms with van der Waals surface area (Å²) in [5.41, 5.74) is 6.77. The van der Waals surface area contributed by atoms with E-state index in [-0.39, 0.29) is 11.9 Å². The Labute approximate surface area is 127 Å². The van der Waals surface area contributed by atoms with Crippen LogP contribution < -0.4 is 10.5 Å². The van der Waals surface area contributed by atoms with Gasteiger partial charge in [0.05, 0.1) is 11.6 Å². The SMILES string of the molecule is COc1ccc(C(=O)N2C3CCC2CC(N)C3)cc1Br. The summed E-state index contributed by atoms with van der Waals surface area (Å²) in [5.74, 6) is 0.859. The van der Waals surface area contributed by atoms with E-state index in [1.165, 1.54) is 0 Å². The van der Waals surface area contributed by atoms with Gasteiger partial charge in [-0.15, -0.1) is 0 Å². The summed E-state index contributed by atoms with van der Waals surface area (Å²) in [7, 11) is 1.62. The minimum absolute atomic E-state index is 0.118. The Kier molecular flexibility index (Phi) is 3.73. The number of halogens is 1. The standard InChI is InChI=1S/C15H19BrN2O2/c1-20-14-5-2-9(6-13(14)16)15(19)18-11-3-4-12(18)8-10(17)7-11/h2,5-6,10-12H,3-4,7-8,17H2,1H3. The predicted molar refractivity (Wildman–Crippen MR) is 80.9 cm³/mol. The highest BCUT2D eigenvalue weighted by molar-refractivity contribution is 9.10. The maximum Gasteiger partial charge on any atom is 0.254 e. The molecule has 5 heteroatoms. The third-order valence-electron chi connectivity index (χ3n) is 4.40. The summed E-state index contributed by atoms with van der Waals surface area (Å²) < 4.78 is 6.02. The number of nitrogens with two attached hydrogens (primary N) is 1. The smallest absolute Gasteiger partial charge is 0.254 e. The van der Waals surface area contributed by atoms with Gasteiger partial charge >= 0.3 is 0 Å². The summed E-state index contributed by atoms with van der Waals surface area (Å²) in [6.45, 7) is 0. The molecule has 2 aliphatic heterocycles. The summed E-state index contributed by atoms with van der Waals surface area (Å²) in [6, 6.07) is 6.39. The van der Waals surface area contributed by atoms with Crippen molar-refractivity contribution in [3.05, 3.63) is 28.2 Å². The van der Waals surface area contributed by atoms with E-state index in [0.29, 0.717) is 17.6 Å². The lowest BCUT2D eigenvalue weighted by atomic mass is 9.97. The monoisotopic (exact) mass is 338 g/mol. The molecule has 2 bridgehead atoms. The molecule has 0 saturated carbocycles. The van der Waals surface area contributed by atoms with Gasteiger partial charge in [-0.05, 0) is 59.8 Å². The zero-order valence-electron chi connectivity index (χ0n) is 11.5. The first-order chi connectivity index (χ1) is 9.60. The van der Waals surface area contributed by atoms with Gasteiger partial charge in [-0.2, -0.15) is 0 Å². The fourth-order valence-electron chi connectivity index (χ4n) is 3.50. The van der Waals surface area contributed by atoms with E-state index in [0.717, 1.165) is 35.9 Å². The second kappa shape index (κ2) is 5.37. The van der Waals surface area contributed by atoms with E-state index in [2.05, 4.69) is 20.8 Å². The Morgan fingerprint density at radius 1 is 1.35 bits per heavy atom. The molecule has 2 unspecified atom stereocenters. The van der Waals surface area contributed by atoms with Gasteiger partial charge in [-0.25, -0.2) is 0 Å². The summed E-state index contributed by atoms with van der Waals surface area (Å²) in [5, 5.41) is 0. The molecule has 1 aromatic rings. The lowest BCUT2D eigenvalue weighted by molar-refractivity contribution is 0.0575. The van der Waals surface area contributed by atoms with Crippen LogP contribution in [0.1, 0.15) is 36.0 Å². The van der Waals surface area contributed by atoms with E-state index in [1.807, 2.05) is 18.2 Å². The fraction of sp³-hybridized carbons (Fsp3) is 0.533. The number of ether oxygens (including phenoxy) is 1. The van der Waals surface area contributed by atoms with Crippen molar-refractivity contribution in [2.75, 3.05) is 7.11 Å². The number of rotatable bonds is 2. The summed E-state index contributed by atoms with van der Waals surface area (Å²) >= 11 is 3.44. The molecule has 2 saturated heterocycles. The first kappa shape index (κ1) is 13.9. The van der Waals surface area contributed by atoms with Crippen LogP contribution in [0.15, 0.2) is 22.7 Å². The molecule has 20 heavy (non-hydrogen) atoms. The molecule has 3 rings (SSSR count). The number of amides is 1. The first-order valence-corrected chi connectivity index (χ1v) is 7.81. The van der Waals surface area contributed by atoms with Crippen LogP contribution in [0.4, 0.5) is 0 Å². The molecule has 0 radical (unpaired) electrons. The highest BCUT2D eigenvalue weighted by Gasteiger charge is 2.42. The molecule has 2 atom stereocenters. The molecule has 0 aromatic heterocycles. The second-order valence-corrected chi connectivity index (χ2v) is 6.53. The fourth-order valence-corrected chi connectivity index (χ4v) is 4.04. The average molecular weight is 339 g/mol. The van der Waals surface area contributed by atoms with Crippen LogP contribution in [-0.2, 0) is 0 Å². The molecule has 108 valence electrons. The minimum atomic E-state index is 0.118. The quantitative estimate of drug-likeness (QED) is 0.901. The number of piperidine rings is 1. The lowest BCUT2D eigenvalue weighted by Crippen LogP contribution is -2.50. The van der Waals surface area contributed by atoms with Crippen LogP contribution in [0.25, 0.3) is 0 Å². The third-order valence-corrected chi connectivity index (χ3v) is 5.02. The van der Waals surface area contributed by atoms with Crippen molar-refractivity contribution in [3.63, 3.8) is 0 Å². The molecule has 4 nitrogen and oxygen atoms in total. The highest BCUT2D eigenvalue weighted by Crippen LogP contribution is 2.36. The molecule has 2 aliphatic rings. The zero-order valence-corrected chi connectivity index (χ0v) is 13.1. The van der Waals surface area contributed by atoms with E-state index < -0.39 is 0 Å². The van der Waals surface area contributed by atoms with Gasteiger partial charge in [0.2, 0.25) is 0 Å². The first-order valence-electron chi connectivity index (χ1n) is 7.02. The van der Waals surface area contributed by atoms with Crippen molar-refractivity contribution in [1.82, 2.24) is 4.90 Å². The van der Waals surface area contributed by atoms with Crippen molar-refractivity contribution < 1.29 is 9.53 Å². The maximum atomic E-state index is 12.7. The molecule has 0 aliphatic carbocycles. The van der Waals surface area contributed by atoms with Gasteiger partial charge in [-0.1, -0.05) is 0 Å². The number of carbonyl (C=O) groups excluding carboxylic acids is 1. The summed E-state index contributed by atoms with van der Waals surface area (Å²) in [4.78, 5) is 14.8. The largest absolute Gasteiger partial charge is 0.496 e. The lowest BCUT2D eigenvalue weighted by Gasteiger charge is -2.37. The molecule has 2 fully saturated rings. The molecular formula is C15H19BrN2O2. The van der Waals surface area contributed by atoms with Crippen LogP contribution in [0.2, 0.25) is 0 Å². The topological polar surface area (TPSA) is 55.6 Å². The average Bonchev–Trinajstić information content (AvgIpc) is 2.70. The number of carbonyl (C=O) groups is 1. The van der Waals surface area contributed by atoms with E-state index in [4.69, 9.17) is 10.5 Å². The maximum absolute atomic E-state index is 12.7. The van der Waals surface area contributed by atoms with Crippen LogP contribution in [0.5, 0.6) is 5.75 Å². The van der Waals surface area contributed by atoms with Gasteiger partial charge in [0.15, 0.2) is 0 Å². The number of hydrogen-bond donors (Lipinski definition) is 1. The van der Waals surface area contributed by atoms with Gasteiger partial charge in [0.1, 0.15) is 5.75 Å². The van der Waals surface area contributed by atoms with Gasteiger partial charge in [0, 0.05) is 23.7 Å². The minimum Gasteiger partial charge on any atom is -0.496 e. The van der Waals surface area contributed by atoms with E-state index in [1.54, 1.807) is 7.11 Å². The van der Waals surface area contributed by atoms with Crippen molar-refractivity contribution in [2.45, 2.75) is 43.8 Å². The normalized spacial score (nSPS) is 28.6. The van der Waals surface area contributed by atoms with E-state index in [9.17, 15) is 4.79 Å². The predicted octanol–water partition coefficient (Wildman–Crippen LogP) is 2.55. The van der Waals surface area contributed by atoms with Crippen molar-refractivity contribution in [3.8, 4) is 5.75 Å². The Bertz CT molecular complexity index is 521. The number of nitrogens with zero attached hydrogens (tertiary/aromatic N) is 1. The Balaban J connectivity index is 1.84. The van der Waals surface area contributed by atoms with Gasteiger partial charge < -0.3 is 15.4 Å². The number of fused-ring (bicyclic) bond motifs is 2. The Morgan fingerprint density at radius 2 is 2.00 bits per heavy atom. The Morgan fingerprint density at radius 3 is 2.55 bits per heavy atom. The molecule has 0 spiro atoms. The summed E-state index contributed by atoms with van der Waals surface area (Å²) in [6.07, 6.45) is 4.03. The van der Waals surface area contributed by atoms with Gasteiger partial charge in [-0.3, -0.25) is 4.79 Å². The molecule has 2 heterocycles. The zero-order chi connectivity index (χ0) is 14.3. The number of hydrogen-bond acceptors (Lipinski definition) is 3. The van der Waals surface area contributed by atoms with Gasteiger partial charge in [0.25, 0.3) is 5.91 Å². The number of benzene rings is 1. The number of methoxy groups -OCH3 is 1. The molecular weight excluding hydrogens is 320 g/mol. The highest BCUT2D eigenvalue weighted by atomic mass is 79.9. The van der Waals surface area contributed by atoms with Crippen LogP contribution >= 0.6 is 15.9 Å². The van der Waals surface area contributed by atoms with Crippen LogP contribution in [-0.4, -0.2) is 36.0 Å². The molecule has 1 amide bonds. The van der Waals surface area contributed by atoms with Crippen molar-refractivity contribution in [1.29, 1.82) is 0 Å². The van der Waals surface area contributed by atoms with Crippen molar-refractivity contribution in [2.24, 2.45) is 5.73 Å². The third kappa shape index (κ3) is 2.33. The van der Waals surface area contributed by atoms with Crippen LogP contribution in [0.3, 0.4) is 0 Å². The molecule has 1 aromatic carbocycles.